The highest BCUT2D eigenvalue weighted by Crippen LogP contribution is 2.25. The first-order chi connectivity index (χ1) is 11.5. The average Bonchev–Trinajstić information content (AvgIpc) is 3.16. The van der Waals surface area contributed by atoms with Crippen LogP contribution < -0.4 is 0 Å². The Morgan fingerprint density at radius 2 is 2.25 bits per heavy atom. The van der Waals surface area contributed by atoms with Crippen molar-refractivity contribution in [1.82, 2.24) is 24.5 Å². The van der Waals surface area contributed by atoms with Crippen molar-refractivity contribution in [2.75, 3.05) is 13.1 Å². The molecule has 24 heavy (non-hydrogen) atoms. The lowest BCUT2D eigenvalue weighted by atomic mass is 10.0. The number of rotatable bonds is 5. The van der Waals surface area contributed by atoms with Crippen LogP contribution in [-0.2, 0) is 13.6 Å². The molecule has 2 aromatic rings. The lowest BCUT2D eigenvalue weighted by Gasteiger charge is -2.33. The minimum Gasteiger partial charge on any atom is -0.476 e. The number of nitrogens with zero attached hydrogens (tertiary/aromatic N) is 5. The molecule has 1 unspecified atom stereocenters. The number of likely N-dealkylation sites (tertiary alicyclic amines) is 1. The highest BCUT2D eigenvalue weighted by atomic mass is 16.4. The zero-order valence-corrected chi connectivity index (χ0v) is 14.5. The maximum absolute atomic E-state index is 11.0. The van der Waals surface area contributed by atoms with Crippen molar-refractivity contribution >= 4 is 5.97 Å². The number of piperidine rings is 1. The normalized spacial score (nSPS) is 19.1. The van der Waals surface area contributed by atoms with Gasteiger partial charge < -0.3 is 5.11 Å². The molecule has 1 fully saturated rings. The monoisotopic (exact) mass is 331 g/mol. The summed E-state index contributed by atoms with van der Waals surface area (Å²) >= 11 is 0. The van der Waals surface area contributed by atoms with Crippen LogP contribution in [0.4, 0.5) is 0 Å². The summed E-state index contributed by atoms with van der Waals surface area (Å²) in [6.45, 7) is 7.18. The van der Waals surface area contributed by atoms with Crippen LogP contribution in [0.5, 0.6) is 0 Å². The zero-order valence-electron chi connectivity index (χ0n) is 14.5. The van der Waals surface area contributed by atoms with Gasteiger partial charge in [0.25, 0.3) is 0 Å². The molecule has 7 heteroatoms. The Hall–Kier alpha value is -2.15. The Bertz CT molecular complexity index is 718. The fourth-order valence-electron chi connectivity index (χ4n) is 3.41. The Balaban J connectivity index is 1.72. The summed E-state index contributed by atoms with van der Waals surface area (Å²) in [5, 5.41) is 17.6. The lowest BCUT2D eigenvalue weighted by molar-refractivity contribution is 0.0688. The second-order valence-electron chi connectivity index (χ2n) is 6.84. The van der Waals surface area contributed by atoms with Crippen LogP contribution in [0, 0.1) is 0 Å². The molecule has 3 heterocycles. The molecule has 130 valence electrons. The van der Waals surface area contributed by atoms with E-state index in [1.165, 1.54) is 11.3 Å². The largest absolute Gasteiger partial charge is 0.476 e. The van der Waals surface area contributed by atoms with Crippen molar-refractivity contribution in [2.24, 2.45) is 7.05 Å². The first-order valence-corrected chi connectivity index (χ1v) is 8.47. The fraction of sp³-hybridized carbons (Fsp3) is 0.588. The van der Waals surface area contributed by atoms with Gasteiger partial charge in [-0.3, -0.25) is 14.3 Å². The Morgan fingerprint density at radius 1 is 1.46 bits per heavy atom. The quantitative estimate of drug-likeness (QED) is 0.909. The van der Waals surface area contributed by atoms with Crippen molar-refractivity contribution in [1.29, 1.82) is 0 Å². The van der Waals surface area contributed by atoms with Crippen LogP contribution in [0.1, 0.15) is 60.4 Å². The van der Waals surface area contributed by atoms with Crippen molar-refractivity contribution in [3.8, 4) is 0 Å². The molecule has 0 bridgehead atoms. The SMILES string of the molecule is CC(C)c1cnn(C)c1CN1CCCC(n2ccc(C(=O)O)n2)C1. The number of aryl methyl sites for hydroxylation is 1. The molecule has 1 aliphatic heterocycles. The first kappa shape index (κ1) is 16.7. The summed E-state index contributed by atoms with van der Waals surface area (Å²) in [5.74, 6) is -0.517. The molecule has 1 saturated heterocycles. The van der Waals surface area contributed by atoms with E-state index < -0.39 is 5.97 Å². The van der Waals surface area contributed by atoms with Crippen molar-refractivity contribution in [2.45, 2.75) is 45.2 Å². The van der Waals surface area contributed by atoms with E-state index in [9.17, 15) is 4.79 Å². The number of carbonyl (C=O) groups is 1. The fourth-order valence-corrected chi connectivity index (χ4v) is 3.41. The van der Waals surface area contributed by atoms with Gasteiger partial charge in [0.1, 0.15) is 0 Å². The van der Waals surface area contributed by atoms with Crippen LogP contribution in [-0.4, -0.2) is 48.6 Å². The summed E-state index contributed by atoms with van der Waals surface area (Å²) in [6.07, 6.45) is 5.86. The highest BCUT2D eigenvalue weighted by molar-refractivity contribution is 5.85. The molecule has 0 saturated carbocycles. The molecule has 2 aromatic heterocycles. The first-order valence-electron chi connectivity index (χ1n) is 8.47. The van der Waals surface area contributed by atoms with E-state index in [0.717, 1.165) is 32.5 Å². The molecule has 0 amide bonds. The van der Waals surface area contributed by atoms with Gasteiger partial charge >= 0.3 is 5.97 Å². The molecule has 0 radical (unpaired) electrons. The molecule has 3 rings (SSSR count). The number of hydrogen-bond donors (Lipinski definition) is 1. The third kappa shape index (κ3) is 3.36. The molecule has 0 aromatic carbocycles. The van der Waals surface area contributed by atoms with Gasteiger partial charge in [-0.05, 0) is 36.9 Å². The van der Waals surface area contributed by atoms with Crippen LogP contribution >= 0.6 is 0 Å². The molecule has 1 aliphatic rings. The molecule has 0 aliphatic carbocycles. The molecule has 0 spiro atoms. The van der Waals surface area contributed by atoms with Crippen molar-refractivity contribution in [3.05, 3.63) is 35.4 Å². The molecule has 7 nitrogen and oxygen atoms in total. The summed E-state index contributed by atoms with van der Waals surface area (Å²) < 4.78 is 3.78. The standard InChI is InChI=1S/C17H25N5O2/c1-12(2)14-9-18-20(3)16(14)11-21-7-4-5-13(10-21)22-8-6-15(19-22)17(23)24/h6,8-9,12-13H,4-5,7,10-11H2,1-3H3,(H,23,24). The van der Waals surface area contributed by atoms with Crippen LogP contribution in [0.3, 0.4) is 0 Å². The Labute approximate surface area is 141 Å². The highest BCUT2D eigenvalue weighted by Gasteiger charge is 2.24. The Morgan fingerprint density at radius 3 is 2.92 bits per heavy atom. The van der Waals surface area contributed by atoms with E-state index in [0.29, 0.717) is 5.92 Å². The number of carboxylic acid groups (broad SMARTS) is 1. The minimum atomic E-state index is -0.974. The number of aromatic nitrogens is 4. The second-order valence-corrected chi connectivity index (χ2v) is 6.84. The van der Waals surface area contributed by atoms with Crippen molar-refractivity contribution in [3.63, 3.8) is 0 Å². The molecular formula is C17H25N5O2. The van der Waals surface area contributed by atoms with Gasteiger partial charge in [-0.1, -0.05) is 13.8 Å². The van der Waals surface area contributed by atoms with Gasteiger partial charge in [-0.15, -0.1) is 0 Å². The third-order valence-corrected chi connectivity index (χ3v) is 4.77. The van der Waals surface area contributed by atoms with Crippen LogP contribution in [0.25, 0.3) is 0 Å². The maximum atomic E-state index is 11.0. The van der Waals surface area contributed by atoms with Crippen LogP contribution in [0.15, 0.2) is 18.5 Å². The van der Waals surface area contributed by atoms with Gasteiger partial charge in [-0.2, -0.15) is 10.2 Å². The average molecular weight is 331 g/mol. The summed E-state index contributed by atoms with van der Waals surface area (Å²) in [6, 6.07) is 1.79. The van der Waals surface area contributed by atoms with Gasteiger partial charge in [0.05, 0.1) is 17.9 Å². The van der Waals surface area contributed by atoms with Gasteiger partial charge in [0, 0.05) is 26.3 Å². The maximum Gasteiger partial charge on any atom is 0.356 e. The number of carboxylic acids is 1. The zero-order chi connectivity index (χ0) is 17.3. The molecular weight excluding hydrogens is 306 g/mol. The minimum absolute atomic E-state index is 0.112. The van der Waals surface area contributed by atoms with Gasteiger partial charge in [-0.25, -0.2) is 4.79 Å². The number of hydrogen-bond acceptors (Lipinski definition) is 4. The molecule has 1 atom stereocenters. The predicted molar refractivity (Wildman–Crippen MR) is 90.0 cm³/mol. The summed E-state index contributed by atoms with van der Waals surface area (Å²) in [4.78, 5) is 13.4. The third-order valence-electron chi connectivity index (χ3n) is 4.77. The molecule has 1 N–H and O–H groups in total. The number of aromatic carboxylic acids is 1. The smallest absolute Gasteiger partial charge is 0.356 e. The topological polar surface area (TPSA) is 76.2 Å². The summed E-state index contributed by atoms with van der Waals surface area (Å²) in [7, 11) is 2.00. The predicted octanol–water partition coefficient (Wildman–Crippen LogP) is 2.28. The van der Waals surface area contributed by atoms with E-state index in [4.69, 9.17) is 5.11 Å². The summed E-state index contributed by atoms with van der Waals surface area (Å²) in [5.41, 5.74) is 2.67. The second kappa shape index (κ2) is 6.76. The van der Waals surface area contributed by atoms with Gasteiger partial charge in [0.15, 0.2) is 5.69 Å². The van der Waals surface area contributed by atoms with E-state index >= 15 is 0 Å². The van der Waals surface area contributed by atoms with E-state index in [2.05, 4.69) is 28.9 Å². The van der Waals surface area contributed by atoms with Gasteiger partial charge in [0.2, 0.25) is 0 Å². The van der Waals surface area contributed by atoms with Crippen LogP contribution in [0.2, 0.25) is 0 Å². The van der Waals surface area contributed by atoms with E-state index in [1.54, 1.807) is 12.3 Å². The van der Waals surface area contributed by atoms with Crippen molar-refractivity contribution < 1.29 is 9.90 Å². The lowest BCUT2D eigenvalue weighted by Crippen LogP contribution is -2.37. The Kier molecular flexibility index (Phi) is 4.71. The van der Waals surface area contributed by atoms with E-state index in [-0.39, 0.29) is 11.7 Å². The van der Waals surface area contributed by atoms with E-state index in [1.807, 2.05) is 22.6 Å².